The molecular formula is C14H16N2O2. The molecule has 0 atom stereocenters. The van der Waals surface area contributed by atoms with Crippen LogP contribution < -0.4 is 10.7 Å². The van der Waals surface area contributed by atoms with Gasteiger partial charge in [0.15, 0.2) is 0 Å². The molecule has 1 aromatic heterocycles. The van der Waals surface area contributed by atoms with Gasteiger partial charge >= 0.3 is 0 Å². The Hall–Kier alpha value is -2.10. The number of fused-ring (bicyclic) bond motifs is 1. The molecule has 0 saturated carbocycles. The lowest BCUT2D eigenvalue weighted by atomic mass is 10.1. The quantitative estimate of drug-likeness (QED) is 0.866. The van der Waals surface area contributed by atoms with Crippen LogP contribution in [0.25, 0.3) is 10.9 Å². The Morgan fingerprint density at radius 3 is 2.78 bits per heavy atom. The van der Waals surface area contributed by atoms with Crippen LogP contribution in [-0.2, 0) is 0 Å². The molecule has 0 radical (unpaired) electrons. The van der Waals surface area contributed by atoms with E-state index in [1.165, 1.54) is 6.20 Å². The third-order valence-corrected chi connectivity index (χ3v) is 2.70. The number of hydrogen-bond acceptors (Lipinski definition) is 2. The first-order valence-corrected chi connectivity index (χ1v) is 5.98. The monoisotopic (exact) mass is 244 g/mol. The minimum atomic E-state index is -0.323. The summed E-state index contributed by atoms with van der Waals surface area (Å²) in [5.74, 6) is 0.0317. The fourth-order valence-corrected chi connectivity index (χ4v) is 1.73. The topological polar surface area (TPSA) is 62.0 Å². The molecule has 1 aromatic carbocycles. The second-order valence-corrected chi connectivity index (χ2v) is 4.68. The van der Waals surface area contributed by atoms with E-state index in [1.807, 2.05) is 26.0 Å². The smallest absolute Gasteiger partial charge is 0.256 e. The summed E-state index contributed by atoms with van der Waals surface area (Å²) in [4.78, 5) is 27.0. The second kappa shape index (κ2) is 5.04. The molecule has 4 nitrogen and oxygen atoms in total. The highest BCUT2D eigenvalue weighted by molar-refractivity contribution is 5.97. The van der Waals surface area contributed by atoms with Crippen LogP contribution in [0.4, 0.5) is 0 Å². The molecule has 2 aromatic rings. The maximum absolute atomic E-state index is 12.1. The maximum Gasteiger partial charge on any atom is 0.256 e. The molecule has 0 aliphatic rings. The Morgan fingerprint density at radius 1 is 1.33 bits per heavy atom. The van der Waals surface area contributed by atoms with Crippen molar-refractivity contribution in [2.24, 2.45) is 5.92 Å². The second-order valence-electron chi connectivity index (χ2n) is 4.68. The fraction of sp³-hybridized carbons (Fsp3) is 0.286. The number of H-pyrrole nitrogens is 1. The molecule has 4 heteroatoms. The van der Waals surface area contributed by atoms with Crippen LogP contribution in [0.5, 0.6) is 0 Å². The molecule has 1 amide bonds. The highest BCUT2D eigenvalue weighted by Gasteiger charge is 2.12. The summed E-state index contributed by atoms with van der Waals surface area (Å²) in [6.07, 6.45) is 1.47. The van der Waals surface area contributed by atoms with Gasteiger partial charge < -0.3 is 10.3 Å². The number of aromatic nitrogens is 1. The van der Waals surface area contributed by atoms with Gasteiger partial charge in [0.25, 0.3) is 5.91 Å². The molecule has 2 rings (SSSR count). The first-order chi connectivity index (χ1) is 8.59. The van der Waals surface area contributed by atoms with E-state index in [0.717, 1.165) is 5.52 Å². The lowest BCUT2D eigenvalue weighted by Gasteiger charge is -2.07. The highest BCUT2D eigenvalue weighted by Crippen LogP contribution is 2.06. The van der Waals surface area contributed by atoms with E-state index in [9.17, 15) is 9.59 Å². The molecule has 0 fully saturated rings. The van der Waals surface area contributed by atoms with Gasteiger partial charge in [0, 0.05) is 23.6 Å². The number of carbonyl (C=O) groups excluding carboxylic acids is 1. The van der Waals surface area contributed by atoms with E-state index in [2.05, 4.69) is 10.3 Å². The Labute approximate surface area is 105 Å². The highest BCUT2D eigenvalue weighted by atomic mass is 16.2. The third kappa shape index (κ3) is 2.42. The number of benzene rings is 1. The largest absolute Gasteiger partial charge is 0.360 e. The first kappa shape index (κ1) is 12.4. The summed E-state index contributed by atoms with van der Waals surface area (Å²) < 4.78 is 0. The van der Waals surface area contributed by atoms with Crippen molar-refractivity contribution in [3.05, 3.63) is 46.2 Å². The van der Waals surface area contributed by atoms with Crippen LogP contribution in [0.3, 0.4) is 0 Å². The van der Waals surface area contributed by atoms with Gasteiger partial charge in [-0.15, -0.1) is 0 Å². The van der Waals surface area contributed by atoms with Gasteiger partial charge in [0.1, 0.15) is 5.56 Å². The number of rotatable bonds is 3. The Morgan fingerprint density at radius 2 is 2.06 bits per heavy atom. The molecular weight excluding hydrogens is 228 g/mol. The molecule has 0 spiro atoms. The SMILES string of the molecule is CC(C)CNC(=O)c1c[nH]c2ccccc2c1=O. The van der Waals surface area contributed by atoms with Gasteiger partial charge in [-0.05, 0) is 18.1 Å². The number of para-hydroxylation sites is 1. The predicted octanol–water partition coefficient (Wildman–Crippen LogP) is 1.91. The molecule has 0 unspecified atom stereocenters. The third-order valence-electron chi connectivity index (χ3n) is 2.70. The molecule has 0 aliphatic carbocycles. The lowest BCUT2D eigenvalue weighted by molar-refractivity contribution is 0.0948. The number of nitrogens with one attached hydrogen (secondary N) is 2. The van der Waals surface area contributed by atoms with E-state index in [4.69, 9.17) is 0 Å². The summed E-state index contributed by atoms with van der Waals surface area (Å²) in [6, 6.07) is 7.16. The minimum Gasteiger partial charge on any atom is -0.360 e. The van der Waals surface area contributed by atoms with Crippen LogP contribution in [0.1, 0.15) is 24.2 Å². The van der Waals surface area contributed by atoms with E-state index < -0.39 is 0 Å². The summed E-state index contributed by atoms with van der Waals surface area (Å²) in [6.45, 7) is 4.57. The van der Waals surface area contributed by atoms with Crippen molar-refractivity contribution in [2.75, 3.05) is 6.54 Å². The summed E-state index contributed by atoms with van der Waals surface area (Å²) >= 11 is 0. The summed E-state index contributed by atoms with van der Waals surface area (Å²) in [5.41, 5.74) is 0.669. The zero-order chi connectivity index (χ0) is 13.1. The zero-order valence-electron chi connectivity index (χ0n) is 10.5. The van der Waals surface area contributed by atoms with E-state index >= 15 is 0 Å². The molecule has 0 aliphatic heterocycles. The van der Waals surface area contributed by atoms with Gasteiger partial charge in [0.05, 0.1) is 0 Å². The van der Waals surface area contributed by atoms with Crippen molar-refractivity contribution >= 4 is 16.8 Å². The lowest BCUT2D eigenvalue weighted by Crippen LogP contribution is -2.31. The molecule has 2 N–H and O–H groups in total. The van der Waals surface area contributed by atoms with Crippen molar-refractivity contribution in [2.45, 2.75) is 13.8 Å². The zero-order valence-corrected chi connectivity index (χ0v) is 10.5. The first-order valence-electron chi connectivity index (χ1n) is 5.98. The van der Waals surface area contributed by atoms with Crippen molar-refractivity contribution in [3.8, 4) is 0 Å². The Bertz CT molecular complexity index is 629. The van der Waals surface area contributed by atoms with Crippen LogP contribution >= 0.6 is 0 Å². The van der Waals surface area contributed by atoms with Gasteiger partial charge in [0.2, 0.25) is 5.43 Å². The van der Waals surface area contributed by atoms with Crippen LogP contribution in [-0.4, -0.2) is 17.4 Å². The minimum absolute atomic E-state index is 0.161. The van der Waals surface area contributed by atoms with Gasteiger partial charge in [-0.1, -0.05) is 26.0 Å². The number of pyridine rings is 1. The van der Waals surface area contributed by atoms with Crippen molar-refractivity contribution < 1.29 is 4.79 Å². The standard InChI is InChI=1S/C14H16N2O2/c1-9(2)7-16-14(18)11-8-15-12-6-4-3-5-10(12)13(11)17/h3-6,8-9H,7H2,1-2H3,(H,15,17)(H,16,18). The van der Waals surface area contributed by atoms with Crippen molar-refractivity contribution in [3.63, 3.8) is 0 Å². The molecule has 18 heavy (non-hydrogen) atoms. The normalized spacial score (nSPS) is 10.8. The van der Waals surface area contributed by atoms with Gasteiger partial charge in [-0.3, -0.25) is 9.59 Å². The van der Waals surface area contributed by atoms with E-state index in [-0.39, 0.29) is 16.9 Å². The van der Waals surface area contributed by atoms with E-state index in [0.29, 0.717) is 17.8 Å². The van der Waals surface area contributed by atoms with E-state index in [1.54, 1.807) is 12.1 Å². The van der Waals surface area contributed by atoms with Crippen LogP contribution in [0.2, 0.25) is 0 Å². The average molecular weight is 244 g/mol. The number of hydrogen-bond donors (Lipinski definition) is 2. The van der Waals surface area contributed by atoms with Gasteiger partial charge in [-0.25, -0.2) is 0 Å². The Balaban J connectivity index is 2.37. The van der Waals surface area contributed by atoms with Crippen molar-refractivity contribution in [1.29, 1.82) is 0 Å². The summed E-state index contributed by atoms with van der Waals surface area (Å²) in [5, 5.41) is 3.28. The van der Waals surface area contributed by atoms with Crippen LogP contribution in [0.15, 0.2) is 35.3 Å². The number of aromatic amines is 1. The number of carbonyl (C=O) groups is 1. The molecule has 1 heterocycles. The van der Waals surface area contributed by atoms with Crippen LogP contribution in [0, 0.1) is 5.92 Å². The maximum atomic E-state index is 12.1. The van der Waals surface area contributed by atoms with Crippen molar-refractivity contribution in [1.82, 2.24) is 10.3 Å². The average Bonchev–Trinajstić information content (AvgIpc) is 2.37. The number of amides is 1. The Kier molecular flexibility index (Phi) is 3.46. The molecule has 94 valence electrons. The fourth-order valence-electron chi connectivity index (χ4n) is 1.73. The molecule has 0 saturated heterocycles. The molecule has 0 bridgehead atoms. The van der Waals surface area contributed by atoms with Gasteiger partial charge in [-0.2, -0.15) is 0 Å². The summed E-state index contributed by atoms with van der Waals surface area (Å²) in [7, 11) is 0. The predicted molar refractivity (Wildman–Crippen MR) is 71.7 cm³/mol.